The minimum atomic E-state index is -0.351. The van der Waals surface area contributed by atoms with E-state index in [-0.39, 0.29) is 30.0 Å². The van der Waals surface area contributed by atoms with Crippen LogP contribution < -0.4 is 15.4 Å². The van der Waals surface area contributed by atoms with Crippen LogP contribution in [0, 0.1) is 5.82 Å². The monoisotopic (exact) mass is 473 g/mol. The molecule has 0 unspecified atom stereocenters. The van der Waals surface area contributed by atoms with Gasteiger partial charge in [-0.05, 0) is 47.9 Å². The number of amides is 2. The molecule has 2 aromatic carbocycles. The Morgan fingerprint density at radius 3 is 2.47 bits per heavy atom. The van der Waals surface area contributed by atoms with E-state index in [1.54, 1.807) is 0 Å². The summed E-state index contributed by atoms with van der Waals surface area (Å²) >= 11 is 2.72. The van der Waals surface area contributed by atoms with Crippen molar-refractivity contribution in [2.45, 2.75) is 25.5 Å². The van der Waals surface area contributed by atoms with Gasteiger partial charge in [-0.15, -0.1) is 23.1 Å². The number of carbonyl (C=O) groups is 2. The predicted octanol–water partition coefficient (Wildman–Crippen LogP) is 5.30. The molecule has 0 saturated heterocycles. The number of benzene rings is 2. The van der Waals surface area contributed by atoms with Gasteiger partial charge in [0.1, 0.15) is 11.6 Å². The molecule has 1 aromatic heterocycles. The van der Waals surface area contributed by atoms with Gasteiger partial charge in [0.05, 0.1) is 11.4 Å². The third kappa shape index (κ3) is 7.65. The van der Waals surface area contributed by atoms with Gasteiger partial charge in [0, 0.05) is 16.8 Å². The van der Waals surface area contributed by atoms with E-state index in [1.165, 1.54) is 52.9 Å². The molecule has 3 aromatic rings. The largest absolute Gasteiger partial charge is 0.484 e. The fourth-order valence-corrected chi connectivity index (χ4v) is 4.21. The molecule has 6 nitrogen and oxygen atoms in total. The number of rotatable bonds is 10. The maximum atomic E-state index is 12.9. The zero-order chi connectivity index (χ0) is 22.9. The number of thioether (sulfide) groups is 1. The zero-order valence-corrected chi connectivity index (χ0v) is 19.4. The first-order valence-electron chi connectivity index (χ1n) is 9.99. The normalized spacial score (nSPS) is 10.8. The summed E-state index contributed by atoms with van der Waals surface area (Å²) in [6.07, 6.45) is 0. The van der Waals surface area contributed by atoms with Gasteiger partial charge in [-0.3, -0.25) is 14.9 Å². The average Bonchev–Trinajstić information content (AvgIpc) is 3.21. The summed E-state index contributed by atoms with van der Waals surface area (Å²) in [7, 11) is 0. The summed E-state index contributed by atoms with van der Waals surface area (Å²) < 4.78 is 18.4. The SMILES string of the molecule is CC(C)c1ccc(OCC(=O)Nc2nc(CSCC(=O)Nc3ccc(F)cc3)cs2)cc1. The van der Waals surface area contributed by atoms with Crippen LogP contribution in [-0.2, 0) is 15.3 Å². The van der Waals surface area contributed by atoms with Gasteiger partial charge in [0.25, 0.3) is 5.91 Å². The lowest BCUT2D eigenvalue weighted by Crippen LogP contribution is -2.20. The lowest BCUT2D eigenvalue weighted by atomic mass is 10.0. The van der Waals surface area contributed by atoms with Crippen molar-refractivity contribution in [2.24, 2.45) is 0 Å². The van der Waals surface area contributed by atoms with E-state index in [2.05, 4.69) is 29.5 Å². The Kier molecular flexibility index (Phi) is 8.64. The van der Waals surface area contributed by atoms with Crippen LogP contribution in [0.15, 0.2) is 53.9 Å². The van der Waals surface area contributed by atoms with E-state index in [4.69, 9.17) is 4.74 Å². The van der Waals surface area contributed by atoms with Crippen molar-refractivity contribution < 1.29 is 18.7 Å². The summed E-state index contributed by atoms with van der Waals surface area (Å²) in [5.41, 5.74) is 2.53. The van der Waals surface area contributed by atoms with E-state index >= 15 is 0 Å². The first-order chi connectivity index (χ1) is 15.4. The number of carbonyl (C=O) groups excluding carboxylic acids is 2. The highest BCUT2D eigenvalue weighted by molar-refractivity contribution is 7.99. The van der Waals surface area contributed by atoms with Crippen LogP contribution in [0.2, 0.25) is 0 Å². The topological polar surface area (TPSA) is 80.3 Å². The van der Waals surface area contributed by atoms with Gasteiger partial charge in [0.2, 0.25) is 5.91 Å². The molecule has 0 aliphatic rings. The molecular weight excluding hydrogens is 449 g/mol. The van der Waals surface area contributed by atoms with Gasteiger partial charge < -0.3 is 10.1 Å². The van der Waals surface area contributed by atoms with Crippen molar-refractivity contribution in [3.8, 4) is 5.75 Å². The molecule has 0 bridgehead atoms. The van der Waals surface area contributed by atoms with Gasteiger partial charge in [-0.1, -0.05) is 26.0 Å². The van der Waals surface area contributed by atoms with E-state index < -0.39 is 0 Å². The lowest BCUT2D eigenvalue weighted by molar-refractivity contribution is -0.118. The fraction of sp³-hybridized carbons (Fsp3) is 0.261. The van der Waals surface area contributed by atoms with Crippen molar-refractivity contribution >= 4 is 45.7 Å². The van der Waals surface area contributed by atoms with E-state index in [1.807, 2.05) is 29.6 Å². The molecule has 0 spiro atoms. The number of anilines is 2. The van der Waals surface area contributed by atoms with Gasteiger partial charge >= 0.3 is 0 Å². The van der Waals surface area contributed by atoms with Crippen molar-refractivity contribution in [3.05, 3.63) is 71.0 Å². The molecule has 1 heterocycles. The zero-order valence-electron chi connectivity index (χ0n) is 17.8. The third-order valence-electron chi connectivity index (χ3n) is 4.33. The van der Waals surface area contributed by atoms with E-state index in [9.17, 15) is 14.0 Å². The van der Waals surface area contributed by atoms with Crippen LogP contribution in [0.1, 0.15) is 31.0 Å². The van der Waals surface area contributed by atoms with Crippen LogP contribution in [0.25, 0.3) is 0 Å². The van der Waals surface area contributed by atoms with E-state index in [0.717, 1.165) is 5.69 Å². The summed E-state index contributed by atoms with van der Waals surface area (Å²) in [6.45, 7) is 4.13. The van der Waals surface area contributed by atoms with Crippen molar-refractivity contribution in [3.63, 3.8) is 0 Å². The average molecular weight is 474 g/mol. The molecule has 3 rings (SSSR count). The first-order valence-corrected chi connectivity index (χ1v) is 12.0. The van der Waals surface area contributed by atoms with Crippen molar-refractivity contribution in [1.82, 2.24) is 4.98 Å². The molecule has 2 amide bonds. The third-order valence-corrected chi connectivity index (χ3v) is 6.10. The summed E-state index contributed by atoms with van der Waals surface area (Å²) in [6, 6.07) is 13.3. The Morgan fingerprint density at radius 1 is 1.06 bits per heavy atom. The molecule has 2 N–H and O–H groups in total. The van der Waals surface area contributed by atoms with Crippen LogP contribution in [0.3, 0.4) is 0 Å². The Hall–Kier alpha value is -2.91. The number of halogens is 1. The standard InChI is InChI=1S/C23H24FN3O3S2/c1-15(2)16-3-9-20(10-4-16)30-11-21(28)27-23-26-19(13-32-23)12-31-14-22(29)25-18-7-5-17(24)6-8-18/h3-10,13,15H,11-12,14H2,1-2H3,(H,25,29)(H,26,27,28). The predicted molar refractivity (Wildman–Crippen MR) is 128 cm³/mol. The minimum Gasteiger partial charge on any atom is -0.484 e. The molecule has 0 atom stereocenters. The number of nitrogens with one attached hydrogen (secondary N) is 2. The molecule has 0 aliphatic carbocycles. The van der Waals surface area contributed by atoms with Crippen LogP contribution in [-0.4, -0.2) is 29.2 Å². The van der Waals surface area contributed by atoms with Crippen LogP contribution in [0.4, 0.5) is 15.2 Å². The smallest absolute Gasteiger partial charge is 0.264 e. The minimum absolute atomic E-state index is 0.103. The lowest BCUT2D eigenvalue weighted by Gasteiger charge is -2.08. The Morgan fingerprint density at radius 2 is 1.78 bits per heavy atom. The molecule has 9 heteroatoms. The summed E-state index contributed by atoms with van der Waals surface area (Å²) in [5, 5.41) is 7.76. The van der Waals surface area contributed by atoms with Gasteiger partial charge in [-0.2, -0.15) is 0 Å². The second-order valence-corrected chi connectivity index (χ2v) is 9.10. The fourth-order valence-electron chi connectivity index (χ4n) is 2.66. The second-order valence-electron chi connectivity index (χ2n) is 7.25. The van der Waals surface area contributed by atoms with Crippen LogP contribution in [0.5, 0.6) is 5.75 Å². The van der Waals surface area contributed by atoms with Crippen molar-refractivity contribution in [1.29, 1.82) is 0 Å². The quantitative estimate of drug-likeness (QED) is 0.418. The number of nitrogens with zero attached hydrogens (tertiary/aromatic N) is 1. The highest BCUT2D eigenvalue weighted by Crippen LogP contribution is 2.21. The highest BCUT2D eigenvalue weighted by Gasteiger charge is 2.09. The number of ether oxygens (including phenoxy) is 1. The van der Waals surface area contributed by atoms with Crippen molar-refractivity contribution in [2.75, 3.05) is 23.0 Å². The van der Waals surface area contributed by atoms with Crippen LogP contribution >= 0.6 is 23.1 Å². The maximum absolute atomic E-state index is 12.9. The highest BCUT2D eigenvalue weighted by atomic mass is 32.2. The molecule has 0 radical (unpaired) electrons. The Balaban J connectivity index is 1.37. The number of hydrogen-bond donors (Lipinski definition) is 2. The second kappa shape index (κ2) is 11.6. The van der Waals surface area contributed by atoms with Gasteiger partial charge in [0.15, 0.2) is 11.7 Å². The van der Waals surface area contributed by atoms with Gasteiger partial charge in [-0.25, -0.2) is 9.37 Å². The number of aromatic nitrogens is 1. The first kappa shape index (κ1) is 23.7. The molecule has 0 fully saturated rings. The number of thiazole rings is 1. The summed E-state index contributed by atoms with van der Waals surface area (Å²) in [5.74, 6) is 1.03. The Bertz CT molecular complexity index is 1040. The molecule has 0 aliphatic heterocycles. The van der Waals surface area contributed by atoms with E-state index in [0.29, 0.717) is 28.2 Å². The molecule has 168 valence electrons. The Labute approximate surface area is 194 Å². The number of hydrogen-bond acceptors (Lipinski definition) is 6. The summed E-state index contributed by atoms with van der Waals surface area (Å²) in [4.78, 5) is 28.4. The molecule has 32 heavy (non-hydrogen) atoms. The molecule has 0 saturated carbocycles. The maximum Gasteiger partial charge on any atom is 0.264 e. The molecular formula is C23H24FN3O3S2.